The first kappa shape index (κ1) is 14.2. The Bertz CT molecular complexity index is 510. The van der Waals surface area contributed by atoms with Crippen LogP contribution in [0.5, 0.6) is 0 Å². The third kappa shape index (κ3) is 4.16. The van der Waals surface area contributed by atoms with Crippen LogP contribution in [0.15, 0.2) is 41.1 Å². The summed E-state index contributed by atoms with van der Waals surface area (Å²) in [4.78, 5) is 0. The normalized spacial score (nSPS) is 12.6. The molecule has 1 heterocycles. The molecular formula is C14H18BrN3O. The number of rotatable bonds is 6. The van der Waals surface area contributed by atoms with Crippen molar-refractivity contribution in [3.05, 3.63) is 52.3 Å². The maximum atomic E-state index is 8.84. The van der Waals surface area contributed by atoms with E-state index in [1.165, 1.54) is 5.56 Å². The largest absolute Gasteiger partial charge is 0.394 e. The van der Waals surface area contributed by atoms with Crippen molar-refractivity contribution in [3.8, 4) is 0 Å². The van der Waals surface area contributed by atoms with Gasteiger partial charge in [0.1, 0.15) is 0 Å². The number of aliphatic hydroxyl groups is 1. The smallest absolute Gasteiger partial charge is 0.0640 e. The first-order valence-electron chi connectivity index (χ1n) is 6.30. The van der Waals surface area contributed by atoms with E-state index >= 15 is 0 Å². The van der Waals surface area contributed by atoms with Crippen LogP contribution in [0, 0.1) is 0 Å². The topological polar surface area (TPSA) is 50.1 Å². The Morgan fingerprint density at radius 3 is 2.79 bits per heavy atom. The van der Waals surface area contributed by atoms with Crippen molar-refractivity contribution in [3.63, 3.8) is 0 Å². The van der Waals surface area contributed by atoms with E-state index in [9.17, 15) is 0 Å². The summed E-state index contributed by atoms with van der Waals surface area (Å²) in [5.74, 6) is 0. The number of nitrogens with one attached hydrogen (secondary N) is 1. The van der Waals surface area contributed by atoms with Gasteiger partial charge in [-0.25, -0.2) is 0 Å². The molecule has 2 N–H and O–H groups in total. The molecule has 0 radical (unpaired) electrons. The highest BCUT2D eigenvalue weighted by Gasteiger charge is 2.05. The predicted octanol–water partition coefficient (Wildman–Crippen LogP) is 2.49. The van der Waals surface area contributed by atoms with Crippen molar-refractivity contribution in [2.75, 3.05) is 6.61 Å². The summed E-state index contributed by atoms with van der Waals surface area (Å²) >= 11 is 3.44. The molecule has 0 spiro atoms. The SMILES string of the molecule is C[C@H](NCc1cnn(CCO)c1)c1ccc(Br)cc1. The molecule has 0 amide bonds. The van der Waals surface area contributed by atoms with Crippen LogP contribution in [0.2, 0.25) is 0 Å². The van der Waals surface area contributed by atoms with Crippen LogP contribution < -0.4 is 5.32 Å². The van der Waals surface area contributed by atoms with E-state index in [1.54, 1.807) is 4.68 Å². The molecule has 0 saturated heterocycles. The highest BCUT2D eigenvalue weighted by Crippen LogP contribution is 2.16. The highest BCUT2D eigenvalue weighted by atomic mass is 79.9. The van der Waals surface area contributed by atoms with E-state index in [2.05, 4.69) is 45.4 Å². The molecule has 5 heteroatoms. The molecule has 0 aliphatic heterocycles. The van der Waals surface area contributed by atoms with Crippen molar-refractivity contribution in [1.29, 1.82) is 0 Å². The minimum atomic E-state index is 0.115. The Hall–Kier alpha value is -1.17. The highest BCUT2D eigenvalue weighted by molar-refractivity contribution is 9.10. The molecule has 2 aromatic rings. The molecule has 0 bridgehead atoms. The Morgan fingerprint density at radius 2 is 2.11 bits per heavy atom. The van der Waals surface area contributed by atoms with Crippen LogP contribution in [0.4, 0.5) is 0 Å². The minimum absolute atomic E-state index is 0.115. The number of halogens is 1. The van der Waals surface area contributed by atoms with Gasteiger partial charge < -0.3 is 10.4 Å². The summed E-state index contributed by atoms with van der Waals surface area (Å²) in [5.41, 5.74) is 2.38. The number of nitrogens with zero attached hydrogens (tertiary/aromatic N) is 2. The van der Waals surface area contributed by atoms with Gasteiger partial charge >= 0.3 is 0 Å². The molecule has 0 unspecified atom stereocenters. The molecule has 4 nitrogen and oxygen atoms in total. The fraction of sp³-hybridized carbons (Fsp3) is 0.357. The summed E-state index contributed by atoms with van der Waals surface area (Å²) < 4.78 is 2.84. The zero-order chi connectivity index (χ0) is 13.7. The van der Waals surface area contributed by atoms with Crippen molar-refractivity contribution < 1.29 is 5.11 Å². The average Bonchev–Trinajstić information content (AvgIpc) is 2.85. The quantitative estimate of drug-likeness (QED) is 0.858. The Morgan fingerprint density at radius 1 is 1.37 bits per heavy atom. The van der Waals surface area contributed by atoms with Crippen LogP contribution in [0.1, 0.15) is 24.1 Å². The van der Waals surface area contributed by atoms with Crippen LogP contribution in [0.25, 0.3) is 0 Å². The maximum Gasteiger partial charge on any atom is 0.0640 e. The Kier molecular flexibility index (Phi) is 5.13. The Labute approximate surface area is 121 Å². The van der Waals surface area contributed by atoms with Crippen molar-refractivity contribution in [2.45, 2.75) is 26.1 Å². The maximum absolute atomic E-state index is 8.84. The van der Waals surface area contributed by atoms with Crippen LogP contribution in [-0.2, 0) is 13.1 Å². The second kappa shape index (κ2) is 6.84. The fourth-order valence-electron chi connectivity index (χ4n) is 1.86. The molecule has 1 aromatic heterocycles. The molecule has 0 aliphatic carbocycles. The molecular weight excluding hydrogens is 306 g/mol. The third-order valence-electron chi connectivity index (χ3n) is 3.00. The Balaban J connectivity index is 1.88. The second-order valence-corrected chi connectivity index (χ2v) is 5.41. The van der Waals surface area contributed by atoms with E-state index < -0.39 is 0 Å². The van der Waals surface area contributed by atoms with Crippen molar-refractivity contribution >= 4 is 15.9 Å². The number of aliphatic hydroxyl groups excluding tert-OH is 1. The third-order valence-corrected chi connectivity index (χ3v) is 3.53. The zero-order valence-corrected chi connectivity index (χ0v) is 12.5. The van der Waals surface area contributed by atoms with Crippen LogP contribution in [-0.4, -0.2) is 21.5 Å². The molecule has 19 heavy (non-hydrogen) atoms. The van der Waals surface area contributed by atoms with E-state index in [4.69, 9.17) is 5.11 Å². The summed E-state index contributed by atoms with van der Waals surface area (Å²) in [6.07, 6.45) is 3.79. The van der Waals surface area contributed by atoms with Gasteiger partial charge in [0, 0.05) is 28.8 Å². The van der Waals surface area contributed by atoms with Crippen molar-refractivity contribution in [2.24, 2.45) is 0 Å². The molecule has 102 valence electrons. The first-order chi connectivity index (χ1) is 9.19. The summed E-state index contributed by atoms with van der Waals surface area (Å²) in [7, 11) is 0. The van der Waals surface area contributed by atoms with E-state index in [0.29, 0.717) is 6.54 Å². The zero-order valence-electron chi connectivity index (χ0n) is 10.9. The van der Waals surface area contributed by atoms with Gasteiger partial charge in [0.05, 0.1) is 19.3 Å². The lowest BCUT2D eigenvalue weighted by atomic mass is 10.1. The lowest BCUT2D eigenvalue weighted by Crippen LogP contribution is -2.17. The van der Waals surface area contributed by atoms with Crippen LogP contribution >= 0.6 is 15.9 Å². The average molecular weight is 324 g/mol. The summed E-state index contributed by atoms with van der Waals surface area (Å²) in [6, 6.07) is 8.60. The molecule has 0 fully saturated rings. The summed E-state index contributed by atoms with van der Waals surface area (Å²) in [5, 5.41) is 16.5. The minimum Gasteiger partial charge on any atom is -0.394 e. The molecule has 1 atom stereocenters. The lowest BCUT2D eigenvalue weighted by molar-refractivity contribution is 0.269. The van der Waals surface area contributed by atoms with E-state index in [1.807, 2.05) is 24.5 Å². The number of hydrogen-bond donors (Lipinski definition) is 2. The number of benzene rings is 1. The molecule has 0 saturated carbocycles. The number of aromatic nitrogens is 2. The van der Waals surface area contributed by atoms with Crippen molar-refractivity contribution in [1.82, 2.24) is 15.1 Å². The predicted molar refractivity (Wildman–Crippen MR) is 78.7 cm³/mol. The monoisotopic (exact) mass is 323 g/mol. The first-order valence-corrected chi connectivity index (χ1v) is 7.09. The molecule has 1 aromatic carbocycles. The fourth-order valence-corrected chi connectivity index (χ4v) is 2.13. The van der Waals surface area contributed by atoms with Gasteiger partial charge in [0.15, 0.2) is 0 Å². The van der Waals surface area contributed by atoms with Gasteiger partial charge in [0.2, 0.25) is 0 Å². The van der Waals surface area contributed by atoms with E-state index in [-0.39, 0.29) is 12.6 Å². The van der Waals surface area contributed by atoms with E-state index in [0.717, 1.165) is 16.6 Å². The molecule has 2 rings (SSSR count). The summed E-state index contributed by atoms with van der Waals surface area (Å²) in [6.45, 7) is 3.57. The lowest BCUT2D eigenvalue weighted by Gasteiger charge is -2.13. The molecule has 0 aliphatic rings. The number of hydrogen-bond acceptors (Lipinski definition) is 3. The van der Waals surface area contributed by atoms with Gasteiger partial charge in [0.25, 0.3) is 0 Å². The van der Waals surface area contributed by atoms with Gasteiger partial charge in [-0.15, -0.1) is 0 Å². The van der Waals surface area contributed by atoms with Gasteiger partial charge in [-0.2, -0.15) is 5.10 Å². The van der Waals surface area contributed by atoms with Gasteiger partial charge in [-0.1, -0.05) is 28.1 Å². The van der Waals surface area contributed by atoms with Gasteiger partial charge in [-0.3, -0.25) is 4.68 Å². The standard InChI is InChI=1S/C14H18BrN3O/c1-11(13-2-4-14(15)5-3-13)16-8-12-9-17-18(10-12)6-7-19/h2-5,9-11,16,19H,6-8H2,1H3/t11-/m0/s1. The van der Waals surface area contributed by atoms with Crippen LogP contribution in [0.3, 0.4) is 0 Å². The second-order valence-electron chi connectivity index (χ2n) is 4.49. The van der Waals surface area contributed by atoms with Gasteiger partial charge in [-0.05, 0) is 24.6 Å².